The Bertz CT molecular complexity index is 599. The van der Waals surface area contributed by atoms with Crippen molar-refractivity contribution in [3.05, 3.63) is 29.8 Å². The second-order valence-electron chi connectivity index (χ2n) is 6.49. The number of amides is 2. The maximum atomic E-state index is 12.3. The van der Waals surface area contributed by atoms with Crippen LogP contribution < -0.4 is 10.2 Å². The molecule has 3 rings (SSSR count). The molecular formula is C18H25N3O3. The molecule has 0 aromatic heterocycles. The molecule has 2 aliphatic heterocycles. The first-order valence-corrected chi connectivity index (χ1v) is 8.58. The van der Waals surface area contributed by atoms with Gasteiger partial charge in [0.1, 0.15) is 0 Å². The van der Waals surface area contributed by atoms with Gasteiger partial charge in [-0.3, -0.25) is 14.5 Å². The molecular weight excluding hydrogens is 306 g/mol. The van der Waals surface area contributed by atoms with Gasteiger partial charge in [0.2, 0.25) is 11.8 Å². The second kappa shape index (κ2) is 7.77. The Labute approximate surface area is 142 Å². The van der Waals surface area contributed by atoms with Gasteiger partial charge in [-0.05, 0) is 24.6 Å². The minimum Gasteiger partial charge on any atom is -0.379 e. The van der Waals surface area contributed by atoms with Crippen molar-refractivity contribution in [1.82, 2.24) is 10.2 Å². The van der Waals surface area contributed by atoms with Gasteiger partial charge in [-0.25, -0.2) is 0 Å². The average molecular weight is 331 g/mol. The van der Waals surface area contributed by atoms with Crippen LogP contribution in [-0.4, -0.2) is 62.7 Å². The maximum Gasteiger partial charge on any atom is 0.227 e. The fraction of sp³-hybridized carbons (Fsp3) is 0.556. The lowest BCUT2D eigenvalue weighted by Crippen LogP contribution is -2.42. The summed E-state index contributed by atoms with van der Waals surface area (Å²) in [5, 5.41) is 2.98. The van der Waals surface area contributed by atoms with Crippen LogP contribution in [0.25, 0.3) is 0 Å². The quantitative estimate of drug-likeness (QED) is 0.867. The smallest absolute Gasteiger partial charge is 0.227 e. The van der Waals surface area contributed by atoms with Crippen LogP contribution >= 0.6 is 0 Å². The fourth-order valence-electron chi connectivity index (χ4n) is 3.23. The van der Waals surface area contributed by atoms with Gasteiger partial charge >= 0.3 is 0 Å². The van der Waals surface area contributed by atoms with Crippen molar-refractivity contribution >= 4 is 17.5 Å². The molecule has 0 aliphatic carbocycles. The maximum absolute atomic E-state index is 12.3. The number of ether oxygens (including phenoxy) is 1. The van der Waals surface area contributed by atoms with E-state index in [0.717, 1.165) is 44.1 Å². The number of rotatable bonds is 5. The summed E-state index contributed by atoms with van der Waals surface area (Å²) < 4.78 is 5.31. The molecule has 6 heteroatoms. The van der Waals surface area contributed by atoms with Crippen LogP contribution in [0.5, 0.6) is 0 Å². The molecule has 6 nitrogen and oxygen atoms in total. The Hall–Kier alpha value is -1.92. The summed E-state index contributed by atoms with van der Waals surface area (Å²) in [6, 6.07) is 7.84. The molecule has 0 saturated carbocycles. The lowest BCUT2D eigenvalue weighted by Gasteiger charge is -2.26. The molecule has 1 atom stereocenters. The van der Waals surface area contributed by atoms with Gasteiger partial charge in [0.15, 0.2) is 0 Å². The van der Waals surface area contributed by atoms with Crippen molar-refractivity contribution in [3.63, 3.8) is 0 Å². The summed E-state index contributed by atoms with van der Waals surface area (Å²) in [6.07, 6.45) is 0.289. The topological polar surface area (TPSA) is 61.9 Å². The van der Waals surface area contributed by atoms with Crippen molar-refractivity contribution in [2.24, 2.45) is 5.92 Å². The number of benzene rings is 1. The van der Waals surface area contributed by atoms with Crippen LogP contribution in [0.4, 0.5) is 5.69 Å². The van der Waals surface area contributed by atoms with Gasteiger partial charge in [-0.1, -0.05) is 12.1 Å². The van der Waals surface area contributed by atoms with Gasteiger partial charge in [-0.2, -0.15) is 0 Å². The third kappa shape index (κ3) is 4.13. The van der Waals surface area contributed by atoms with Gasteiger partial charge in [-0.15, -0.1) is 0 Å². The molecule has 0 spiro atoms. The standard InChI is InChI=1S/C18H25N3O3/c1-14-3-2-4-16(11-14)21-13-15(12-17(21)22)18(23)19-5-6-20-7-9-24-10-8-20/h2-4,11,15H,5-10,12-13H2,1H3,(H,19,23)/t15-/m0/s1. The Morgan fingerprint density at radius 1 is 1.33 bits per heavy atom. The van der Waals surface area contributed by atoms with Crippen LogP contribution in [0, 0.1) is 12.8 Å². The summed E-state index contributed by atoms with van der Waals surface area (Å²) in [7, 11) is 0. The van der Waals surface area contributed by atoms with Crippen LogP contribution in [-0.2, 0) is 14.3 Å². The minimum absolute atomic E-state index is 0.0215. The molecule has 130 valence electrons. The number of morpholine rings is 1. The van der Waals surface area contributed by atoms with Crippen molar-refractivity contribution in [3.8, 4) is 0 Å². The lowest BCUT2D eigenvalue weighted by atomic mass is 10.1. The summed E-state index contributed by atoms with van der Waals surface area (Å²) >= 11 is 0. The number of nitrogens with zero attached hydrogens (tertiary/aromatic N) is 2. The Morgan fingerprint density at radius 3 is 2.88 bits per heavy atom. The number of carbonyl (C=O) groups is 2. The zero-order valence-electron chi connectivity index (χ0n) is 14.2. The predicted octanol–water partition coefficient (Wildman–Crippen LogP) is 0.796. The number of carbonyl (C=O) groups excluding carboxylic acids is 2. The summed E-state index contributed by atoms with van der Waals surface area (Å²) in [5.74, 6) is -0.261. The van der Waals surface area contributed by atoms with E-state index in [9.17, 15) is 9.59 Å². The minimum atomic E-state index is -0.261. The predicted molar refractivity (Wildman–Crippen MR) is 91.9 cm³/mol. The first-order chi connectivity index (χ1) is 11.6. The second-order valence-corrected chi connectivity index (χ2v) is 6.49. The molecule has 0 radical (unpaired) electrons. The normalized spacial score (nSPS) is 22.0. The number of hydrogen-bond donors (Lipinski definition) is 1. The monoisotopic (exact) mass is 331 g/mol. The molecule has 0 unspecified atom stereocenters. The highest BCUT2D eigenvalue weighted by Gasteiger charge is 2.35. The highest BCUT2D eigenvalue weighted by molar-refractivity contribution is 6.00. The van der Waals surface area contributed by atoms with E-state index in [2.05, 4.69) is 10.2 Å². The first-order valence-electron chi connectivity index (χ1n) is 8.58. The van der Waals surface area contributed by atoms with E-state index in [1.54, 1.807) is 4.90 Å². The summed E-state index contributed by atoms with van der Waals surface area (Å²) in [6.45, 7) is 7.27. The summed E-state index contributed by atoms with van der Waals surface area (Å²) in [4.78, 5) is 28.6. The van der Waals surface area contributed by atoms with Gasteiger partial charge in [0, 0.05) is 44.8 Å². The molecule has 2 aliphatic rings. The molecule has 0 bridgehead atoms. The molecule has 24 heavy (non-hydrogen) atoms. The molecule has 2 saturated heterocycles. The van der Waals surface area contributed by atoms with Gasteiger partial charge in [0.05, 0.1) is 19.1 Å². The highest BCUT2D eigenvalue weighted by atomic mass is 16.5. The number of hydrogen-bond acceptors (Lipinski definition) is 4. The lowest BCUT2D eigenvalue weighted by molar-refractivity contribution is -0.126. The average Bonchev–Trinajstić information content (AvgIpc) is 2.98. The van der Waals surface area contributed by atoms with E-state index in [-0.39, 0.29) is 24.2 Å². The number of anilines is 1. The SMILES string of the molecule is Cc1cccc(N2C[C@@H](C(=O)NCCN3CCOCC3)CC2=O)c1. The highest BCUT2D eigenvalue weighted by Crippen LogP contribution is 2.25. The summed E-state index contributed by atoms with van der Waals surface area (Å²) in [5.41, 5.74) is 1.99. The number of nitrogens with one attached hydrogen (secondary N) is 1. The van der Waals surface area contributed by atoms with Crippen LogP contribution in [0.3, 0.4) is 0 Å². The Balaban J connectivity index is 1.48. The molecule has 2 heterocycles. The molecule has 2 fully saturated rings. The van der Waals surface area contributed by atoms with E-state index in [1.807, 2.05) is 31.2 Å². The molecule has 2 amide bonds. The van der Waals surface area contributed by atoms with E-state index in [4.69, 9.17) is 4.74 Å². The Kier molecular flexibility index (Phi) is 5.48. The van der Waals surface area contributed by atoms with E-state index >= 15 is 0 Å². The molecule has 1 aromatic rings. The molecule has 1 aromatic carbocycles. The number of aryl methyl sites for hydroxylation is 1. The Morgan fingerprint density at radius 2 is 2.12 bits per heavy atom. The molecule has 1 N–H and O–H groups in total. The van der Waals surface area contributed by atoms with E-state index < -0.39 is 0 Å². The van der Waals surface area contributed by atoms with Gasteiger partial charge < -0.3 is 15.0 Å². The van der Waals surface area contributed by atoms with Crippen molar-refractivity contribution < 1.29 is 14.3 Å². The van der Waals surface area contributed by atoms with Gasteiger partial charge in [0.25, 0.3) is 0 Å². The zero-order chi connectivity index (χ0) is 16.9. The van der Waals surface area contributed by atoms with Crippen LogP contribution in [0.1, 0.15) is 12.0 Å². The van der Waals surface area contributed by atoms with E-state index in [0.29, 0.717) is 13.1 Å². The van der Waals surface area contributed by atoms with Crippen LogP contribution in [0.2, 0.25) is 0 Å². The fourth-order valence-corrected chi connectivity index (χ4v) is 3.23. The third-order valence-corrected chi connectivity index (χ3v) is 4.64. The zero-order valence-corrected chi connectivity index (χ0v) is 14.2. The largest absolute Gasteiger partial charge is 0.379 e. The van der Waals surface area contributed by atoms with Crippen molar-refractivity contribution in [2.75, 3.05) is 50.8 Å². The van der Waals surface area contributed by atoms with E-state index in [1.165, 1.54) is 0 Å². The first kappa shape index (κ1) is 16.9. The van der Waals surface area contributed by atoms with Crippen molar-refractivity contribution in [2.45, 2.75) is 13.3 Å². The van der Waals surface area contributed by atoms with Crippen molar-refractivity contribution in [1.29, 1.82) is 0 Å². The van der Waals surface area contributed by atoms with Crippen LogP contribution in [0.15, 0.2) is 24.3 Å². The third-order valence-electron chi connectivity index (χ3n) is 4.64.